The van der Waals surface area contributed by atoms with E-state index in [0.717, 1.165) is 5.56 Å². The molecule has 0 aliphatic rings. The predicted octanol–water partition coefficient (Wildman–Crippen LogP) is 2.82. The van der Waals surface area contributed by atoms with E-state index in [1.807, 2.05) is 36.4 Å². The number of hydrogen-bond donors (Lipinski definition) is 1. The fraction of sp³-hybridized carbons (Fsp3) is 0.278. The molecule has 0 bridgehead atoms. The molecule has 122 valence electrons. The number of rotatable bonds is 7. The minimum absolute atomic E-state index is 0.131. The maximum atomic E-state index is 12.1. The lowest BCUT2D eigenvalue weighted by molar-refractivity contribution is 0.0827. The van der Waals surface area contributed by atoms with E-state index in [0.29, 0.717) is 23.6 Å². The molecule has 0 spiro atoms. The first kappa shape index (κ1) is 16.8. The average molecular weight is 315 g/mol. The molecule has 0 heterocycles. The second-order valence-electron chi connectivity index (χ2n) is 4.91. The highest BCUT2D eigenvalue weighted by atomic mass is 16.5. The van der Waals surface area contributed by atoms with Gasteiger partial charge in [0.15, 0.2) is 11.5 Å². The van der Waals surface area contributed by atoms with E-state index >= 15 is 0 Å². The van der Waals surface area contributed by atoms with Crippen molar-refractivity contribution < 1.29 is 19.0 Å². The van der Waals surface area contributed by atoms with Crippen LogP contribution in [0.3, 0.4) is 0 Å². The van der Waals surface area contributed by atoms with E-state index in [4.69, 9.17) is 14.2 Å². The van der Waals surface area contributed by atoms with Gasteiger partial charge in [-0.25, -0.2) is 0 Å². The molecule has 1 amide bonds. The lowest BCUT2D eigenvalue weighted by Crippen LogP contribution is -2.29. The molecule has 0 fully saturated rings. The summed E-state index contributed by atoms with van der Waals surface area (Å²) in [6.07, 6.45) is -0.275. The Labute approximate surface area is 136 Å². The molecule has 1 N–H and O–H groups in total. The van der Waals surface area contributed by atoms with Crippen LogP contribution in [0.25, 0.3) is 0 Å². The molecule has 0 unspecified atom stereocenters. The van der Waals surface area contributed by atoms with E-state index in [1.54, 1.807) is 33.5 Å². The minimum atomic E-state index is -0.275. The highest BCUT2D eigenvalue weighted by molar-refractivity contribution is 5.94. The van der Waals surface area contributed by atoms with Crippen molar-refractivity contribution in [2.45, 2.75) is 6.10 Å². The monoisotopic (exact) mass is 315 g/mol. The van der Waals surface area contributed by atoms with Crippen molar-refractivity contribution in [1.29, 1.82) is 0 Å². The van der Waals surface area contributed by atoms with Gasteiger partial charge in [0.25, 0.3) is 5.91 Å². The summed E-state index contributed by atoms with van der Waals surface area (Å²) in [6, 6.07) is 14.6. The first-order valence-electron chi connectivity index (χ1n) is 7.27. The zero-order chi connectivity index (χ0) is 16.7. The van der Waals surface area contributed by atoms with E-state index in [-0.39, 0.29) is 12.0 Å². The molecule has 0 aromatic heterocycles. The van der Waals surface area contributed by atoms with Crippen LogP contribution in [-0.2, 0) is 4.74 Å². The van der Waals surface area contributed by atoms with E-state index < -0.39 is 0 Å². The van der Waals surface area contributed by atoms with Gasteiger partial charge in [0, 0.05) is 19.2 Å². The summed E-state index contributed by atoms with van der Waals surface area (Å²) in [7, 11) is 4.78. The molecule has 0 aliphatic heterocycles. The van der Waals surface area contributed by atoms with Gasteiger partial charge in [0.05, 0.1) is 20.3 Å². The average Bonchev–Trinajstić information content (AvgIpc) is 2.62. The van der Waals surface area contributed by atoms with Gasteiger partial charge in [-0.05, 0) is 29.8 Å². The van der Waals surface area contributed by atoms with Gasteiger partial charge in [-0.15, -0.1) is 0 Å². The van der Waals surface area contributed by atoms with Crippen LogP contribution in [0, 0.1) is 0 Å². The second kappa shape index (κ2) is 8.19. The largest absolute Gasteiger partial charge is 0.493 e. The summed E-state index contributed by atoms with van der Waals surface area (Å²) in [6.45, 7) is 0.361. The summed E-state index contributed by atoms with van der Waals surface area (Å²) in [5.74, 6) is 1.15. The van der Waals surface area contributed by atoms with Crippen molar-refractivity contribution in [1.82, 2.24) is 5.32 Å². The standard InChI is InChI=1S/C18H21NO4/c1-21-15-10-9-14(11-16(15)22-2)17(23-3)12-19-18(20)13-7-5-4-6-8-13/h4-11,17H,12H2,1-3H3,(H,19,20)/t17-/m1/s1. The summed E-state index contributed by atoms with van der Waals surface area (Å²) >= 11 is 0. The first-order chi connectivity index (χ1) is 11.2. The SMILES string of the molecule is COc1ccc([C@@H](CNC(=O)c2ccccc2)OC)cc1OC. The molecule has 2 aromatic carbocycles. The van der Waals surface area contributed by atoms with E-state index in [9.17, 15) is 4.79 Å². The Kier molecular flexibility index (Phi) is 6.00. The van der Waals surface area contributed by atoms with Crippen molar-refractivity contribution in [2.24, 2.45) is 0 Å². The Hall–Kier alpha value is -2.53. The number of benzene rings is 2. The lowest BCUT2D eigenvalue weighted by atomic mass is 10.1. The van der Waals surface area contributed by atoms with Crippen molar-refractivity contribution in [3.63, 3.8) is 0 Å². The molecule has 1 atom stereocenters. The molecule has 0 saturated heterocycles. The van der Waals surface area contributed by atoms with Crippen LogP contribution in [0.1, 0.15) is 22.0 Å². The maximum absolute atomic E-state index is 12.1. The van der Waals surface area contributed by atoms with Gasteiger partial charge in [-0.2, -0.15) is 0 Å². The first-order valence-corrected chi connectivity index (χ1v) is 7.27. The highest BCUT2D eigenvalue weighted by Crippen LogP contribution is 2.30. The number of ether oxygens (including phenoxy) is 3. The quantitative estimate of drug-likeness (QED) is 0.853. The number of methoxy groups -OCH3 is 3. The Morgan fingerprint density at radius 2 is 1.70 bits per heavy atom. The molecular formula is C18H21NO4. The van der Waals surface area contributed by atoms with Crippen LogP contribution < -0.4 is 14.8 Å². The normalized spacial score (nSPS) is 11.6. The van der Waals surface area contributed by atoms with Crippen LogP contribution in [-0.4, -0.2) is 33.8 Å². The Morgan fingerprint density at radius 1 is 1.00 bits per heavy atom. The zero-order valence-electron chi connectivity index (χ0n) is 13.5. The fourth-order valence-electron chi connectivity index (χ4n) is 2.27. The molecular weight excluding hydrogens is 294 g/mol. The van der Waals surface area contributed by atoms with E-state index in [1.165, 1.54) is 0 Å². The molecule has 2 rings (SSSR count). The highest BCUT2D eigenvalue weighted by Gasteiger charge is 2.15. The van der Waals surface area contributed by atoms with Crippen molar-refractivity contribution in [3.8, 4) is 11.5 Å². The van der Waals surface area contributed by atoms with Crippen LogP contribution in [0.4, 0.5) is 0 Å². The summed E-state index contributed by atoms with van der Waals surface area (Å²) < 4.78 is 16.0. The van der Waals surface area contributed by atoms with Gasteiger partial charge in [-0.1, -0.05) is 24.3 Å². The summed E-state index contributed by atoms with van der Waals surface area (Å²) in [5.41, 5.74) is 1.52. The molecule has 5 nitrogen and oxygen atoms in total. The Morgan fingerprint density at radius 3 is 2.30 bits per heavy atom. The van der Waals surface area contributed by atoms with E-state index in [2.05, 4.69) is 5.32 Å². The second-order valence-corrected chi connectivity index (χ2v) is 4.91. The van der Waals surface area contributed by atoms with Crippen LogP contribution in [0.2, 0.25) is 0 Å². The molecule has 0 radical (unpaired) electrons. The van der Waals surface area contributed by atoms with Gasteiger partial charge < -0.3 is 19.5 Å². The van der Waals surface area contributed by atoms with Crippen LogP contribution >= 0.6 is 0 Å². The number of amides is 1. The number of hydrogen-bond acceptors (Lipinski definition) is 4. The Balaban J connectivity index is 2.07. The van der Waals surface area contributed by atoms with Gasteiger partial charge >= 0.3 is 0 Å². The lowest BCUT2D eigenvalue weighted by Gasteiger charge is -2.18. The van der Waals surface area contributed by atoms with Crippen LogP contribution in [0.15, 0.2) is 48.5 Å². The summed E-state index contributed by atoms with van der Waals surface area (Å²) in [4.78, 5) is 12.1. The third-order valence-corrected chi connectivity index (χ3v) is 3.55. The third kappa shape index (κ3) is 4.23. The smallest absolute Gasteiger partial charge is 0.251 e. The fourth-order valence-corrected chi connectivity index (χ4v) is 2.27. The molecule has 23 heavy (non-hydrogen) atoms. The minimum Gasteiger partial charge on any atom is -0.493 e. The Bertz CT molecular complexity index is 643. The summed E-state index contributed by atoms with van der Waals surface area (Å²) in [5, 5.41) is 2.88. The van der Waals surface area contributed by atoms with Crippen LogP contribution in [0.5, 0.6) is 11.5 Å². The van der Waals surface area contributed by atoms with Gasteiger partial charge in [0.1, 0.15) is 0 Å². The van der Waals surface area contributed by atoms with Gasteiger partial charge in [0.2, 0.25) is 0 Å². The van der Waals surface area contributed by atoms with Gasteiger partial charge in [-0.3, -0.25) is 4.79 Å². The third-order valence-electron chi connectivity index (χ3n) is 3.55. The molecule has 2 aromatic rings. The van der Waals surface area contributed by atoms with Crippen molar-refractivity contribution in [3.05, 3.63) is 59.7 Å². The number of carbonyl (C=O) groups is 1. The zero-order valence-corrected chi connectivity index (χ0v) is 13.5. The molecule has 5 heteroatoms. The molecule has 0 saturated carbocycles. The maximum Gasteiger partial charge on any atom is 0.251 e. The number of carbonyl (C=O) groups excluding carboxylic acids is 1. The molecule has 0 aliphatic carbocycles. The van der Waals surface area contributed by atoms with Crippen molar-refractivity contribution in [2.75, 3.05) is 27.9 Å². The number of nitrogens with one attached hydrogen (secondary N) is 1. The topological polar surface area (TPSA) is 56.8 Å². The van der Waals surface area contributed by atoms with Crippen molar-refractivity contribution >= 4 is 5.91 Å². The predicted molar refractivity (Wildman–Crippen MR) is 88.1 cm³/mol.